The van der Waals surface area contributed by atoms with E-state index in [9.17, 15) is 4.79 Å². The summed E-state index contributed by atoms with van der Waals surface area (Å²) in [4.78, 5) is 11.5. The molecule has 0 aromatic heterocycles. The van der Waals surface area contributed by atoms with E-state index >= 15 is 0 Å². The second-order valence-corrected chi connectivity index (χ2v) is 5.46. The monoisotopic (exact) mass is 214 g/mol. The molecule has 2 amide bonds. The van der Waals surface area contributed by atoms with Gasteiger partial charge in [0.2, 0.25) is 0 Å². The van der Waals surface area contributed by atoms with Gasteiger partial charge in [-0.3, -0.25) is 0 Å². The van der Waals surface area contributed by atoms with Crippen LogP contribution < -0.4 is 10.6 Å². The highest BCUT2D eigenvalue weighted by molar-refractivity contribution is 5.74. The van der Waals surface area contributed by atoms with Crippen molar-refractivity contribution in [2.45, 2.75) is 51.7 Å². The fourth-order valence-corrected chi connectivity index (χ4v) is 1.63. The summed E-state index contributed by atoms with van der Waals surface area (Å²) in [6, 6.07) is -0.126. The predicted octanol–water partition coefficient (Wildman–Crippen LogP) is 1.65. The number of urea groups is 1. The Morgan fingerprint density at radius 2 is 2.13 bits per heavy atom. The molecule has 4 nitrogen and oxygen atoms in total. The highest BCUT2D eigenvalue weighted by Crippen LogP contribution is 2.23. The van der Waals surface area contributed by atoms with Crippen LogP contribution in [-0.4, -0.2) is 30.3 Å². The number of nitrogens with one attached hydrogen (secondary N) is 2. The SMILES string of the molecule is CC(C)(C)NC(=O)NCC1(C)CCCO1. The lowest BCUT2D eigenvalue weighted by Crippen LogP contribution is -2.50. The van der Waals surface area contributed by atoms with Crippen molar-refractivity contribution in [3.63, 3.8) is 0 Å². The third kappa shape index (κ3) is 4.51. The number of hydrogen-bond acceptors (Lipinski definition) is 2. The molecule has 1 rings (SSSR count). The number of carbonyl (C=O) groups excluding carboxylic acids is 1. The van der Waals surface area contributed by atoms with Gasteiger partial charge in [0, 0.05) is 18.7 Å². The molecule has 0 radical (unpaired) electrons. The van der Waals surface area contributed by atoms with Gasteiger partial charge in [-0.25, -0.2) is 4.79 Å². The van der Waals surface area contributed by atoms with Gasteiger partial charge in [0.1, 0.15) is 0 Å². The first-order valence-electron chi connectivity index (χ1n) is 5.51. The molecule has 1 aliphatic heterocycles. The molecule has 4 heteroatoms. The van der Waals surface area contributed by atoms with Crippen LogP contribution in [0.5, 0.6) is 0 Å². The number of ether oxygens (including phenoxy) is 1. The molecule has 0 aromatic rings. The van der Waals surface area contributed by atoms with Crippen LogP contribution in [0.3, 0.4) is 0 Å². The zero-order valence-electron chi connectivity index (χ0n) is 10.1. The van der Waals surface area contributed by atoms with Crippen LogP contribution in [0.4, 0.5) is 4.79 Å². The van der Waals surface area contributed by atoms with Crippen molar-refractivity contribution in [2.24, 2.45) is 0 Å². The summed E-state index contributed by atoms with van der Waals surface area (Å²) in [7, 11) is 0. The van der Waals surface area contributed by atoms with Crippen molar-refractivity contribution in [3.05, 3.63) is 0 Å². The van der Waals surface area contributed by atoms with Gasteiger partial charge < -0.3 is 15.4 Å². The van der Waals surface area contributed by atoms with Crippen molar-refractivity contribution in [1.82, 2.24) is 10.6 Å². The fraction of sp³-hybridized carbons (Fsp3) is 0.909. The van der Waals surface area contributed by atoms with Crippen molar-refractivity contribution < 1.29 is 9.53 Å². The van der Waals surface area contributed by atoms with Crippen LogP contribution in [0.15, 0.2) is 0 Å². The first kappa shape index (κ1) is 12.3. The summed E-state index contributed by atoms with van der Waals surface area (Å²) in [5.74, 6) is 0. The average Bonchev–Trinajstić information content (AvgIpc) is 2.47. The van der Waals surface area contributed by atoms with Gasteiger partial charge in [0.15, 0.2) is 0 Å². The Labute approximate surface area is 91.8 Å². The Morgan fingerprint density at radius 1 is 1.47 bits per heavy atom. The fourth-order valence-electron chi connectivity index (χ4n) is 1.63. The van der Waals surface area contributed by atoms with Crippen molar-refractivity contribution in [1.29, 1.82) is 0 Å². The van der Waals surface area contributed by atoms with E-state index in [1.165, 1.54) is 0 Å². The Hall–Kier alpha value is -0.770. The molecular formula is C11H22N2O2. The summed E-state index contributed by atoms with van der Waals surface area (Å²) < 4.78 is 5.58. The Morgan fingerprint density at radius 3 is 2.60 bits per heavy atom. The third-order valence-corrected chi connectivity index (χ3v) is 2.41. The molecule has 0 saturated carbocycles. The van der Waals surface area contributed by atoms with Gasteiger partial charge in [0.25, 0.3) is 0 Å². The van der Waals surface area contributed by atoms with Gasteiger partial charge in [-0.2, -0.15) is 0 Å². The van der Waals surface area contributed by atoms with Gasteiger partial charge in [0.05, 0.1) is 5.60 Å². The van der Waals surface area contributed by atoms with E-state index in [1.54, 1.807) is 0 Å². The van der Waals surface area contributed by atoms with Crippen LogP contribution in [0.25, 0.3) is 0 Å². The molecule has 1 atom stereocenters. The minimum atomic E-state index is -0.193. The highest BCUT2D eigenvalue weighted by Gasteiger charge is 2.30. The molecule has 88 valence electrons. The summed E-state index contributed by atoms with van der Waals surface area (Å²) in [5, 5.41) is 5.70. The Balaban J connectivity index is 2.28. The predicted molar refractivity (Wildman–Crippen MR) is 59.9 cm³/mol. The van der Waals surface area contributed by atoms with Gasteiger partial charge in [-0.15, -0.1) is 0 Å². The van der Waals surface area contributed by atoms with Crippen LogP contribution in [-0.2, 0) is 4.74 Å². The minimum absolute atomic E-state index is 0.126. The number of amides is 2. The number of rotatable bonds is 2. The summed E-state index contributed by atoms with van der Waals surface area (Å²) in [5.41, 5.74) is -0.364. The highest BCUT2D eigenvalue weighted by atomic mass is 16.5. The molecule has 1 unspecified atom stereocenters. The lowest BCUT2D eigenvalue weighted by molar-refractivity contribution is 0.0227. The van der Waals surface area contributed by atoms with E-state index in [0.29, 0.717) is 6.54 Å². The van der Waals surface area contributed by atoms with Gasteiger partial charge in [-0.05, 0) is 40.5 Å². The van der Waals surface area contributed by atoms with Crippen molar-refractivity contribution in [2.75, 3.05) is 13.2 Å². The van der Waals surface area contributed by atoms with E-state index in [4.69, 9.17) is 4.74 Å². The maximum atomic E-state index is 11.5. The average molecular weight is 214 g/mol. The maximum Gasteiger partial charge on any atom is 0.315 e. The second-order valence-electron chi connectivity index (χ2n) is 5.46. The number of carbonyl (C=O) groups is 1. The smallest absolute Gasteiger partial charge is 0.315 e. The summed E-state index contributed by atoms with van der Waals surface area (Å²) in [6.45, 7) is 9.30. The van der Waals surface area contributed by atoms with E-state index in [-0.39, 0.29) is 17.2 Å². The maximum absolute atomic E-state index is 11.5. The Kier molecular flexibility index (Phi) is 3.60. The molecule has 1 saturated heterocycles. The summed E-state index contributed by atoms with van der Waals surface area (Å²) in [6.07, 6.45) is 2.10. The van der Waals surface area contributed by atoms with Crippen LogP contribution in [0, 0.1) is 0 Å². The van der Waals surface area contributed by atoms with Gasteiger partial charge >= 0.3 is 6.03 Å². The zero-order valence-corrected chi connectivity index (χ0v) is 10.1. The van der Waals surface area contributed by atoms with Crippen LogP contribution >= 0.6 is 0 Å². The first-order valence-corrected chi connectivity index (χ1v) is 5.51. The molecule has 0 aromatic carbocycles. The zero-order chi connectivity index (χ0) is 11.5. The number of hydrogen-bond donors (Lipinski definition) is 2. The standard InChI is InChI=1S/C11H22N2O2/c1-10(2,3)13-9(14)12-8-11(4)6-5-7-15-11/h5-8H2,1-4H3,(H2,12,13,14). The minimum Gasteiger partial charge on any atom is -0.373 e. The molecule has 1 aliphatic rings. The van der Waals surface area contributed by atoms with E-state index in [1.807, 2.05) is 27.7 Å². The molecule has 0 aliphatic carbocycles. The quantitative estimate of drug-likeness (QED) is 0.734. The molecule has 1 heterocycles. The second kappa shape index (κ2) is 4.39. The summed E-state index contributed by atoms with van der Waals surface area (Å²) >= 11 is 0. The molecule has 2 N–H and O–H groups in total. The molecule has 0 spiro atoms. The van der Waals surface area contributed by atoms with E-state index in [2.05, 4.69) is 10.6 Å². The van der Waals surface area contributed by atoms with Crippen LogP contribution in [0.2, 0.25) is 0 Å². The first-order chi connectivity index (χ1) is 6.81. The van der Waals surface area contributed by atoms with Crippen LogP contribution in [0.1, 0.15) is 40.5 Å². The largest absolute Gasteiger partial charge is 0.373 e. The normalized spacial score (nSPS) is 26.4. The lowest BCUT2D eigenvalue weighted by atomic mass is 10.0. The molecule has 1 fully saturated rings. The van der Waals surface area contributed by atoms with Crippen molar-refractivity contribution in [3.8, 4) is 0 Å². The molecule has 15 heavy (non-hydrogen) atoms. The van der Waals surface area contributed by atoms with E-state index < -0.39 is 0 Å². The Bertz CT molecular complexity index is 227. The third-order valence-electron chi connectivity index (χ3n) is 2.41. The lowest BCUT2D eigenvalue weighted by Gasteiger charge is -2.26. The van der Waals surface area contributed by atoms with E-state index in [0.717, 1.165) is 19.4 Å². The molecular weight excluding hydrogens is 192 g/mol. The van der Waals surface area contributed by atoms with Gasteiger partial charge in [-0.1, -0.05) is 0 Å². The molecule has 0 bridgehead atoms. The topological polar surface area (TPSA) is 50.4 Å². The van der Waals surface area contributed by atoms with Crippen molar-refractivity contribution >= 4 is 6.03 Å².